The summed E-state index contributed by atoms with van der Waals surface area (Å²) < 4.78 is 11.3. The van der Waals surface area contributed by atoms with E-state index in [-0.39, 0.29) is 0 Å². The van der Waals surface area contributed by atoms with Gasteiger partial charge in [0.05, 0.1) is 6.26 Å². The standard InChI is InChI=1S/C19H28O2/c1-2-3-4-7-13-20-14-8-5-6-10-17-15-18-11-9-12-19(18)21-16-17/h9,11-12,15-16H,2-8,10,13-14H2,1H3. The van der Waals surface area contributed by atoms with Gasteiger partial charge in [-0.25, -0.2) is 0 Å². The lowest BCUT2D eigenvalue weighted by molar-refractivity contribution is 0.126. The van der Waals surface area contributed by atoms with Crippen LogP contribution < -0.4 is 0 Å². The maximum atomic E-state index is 5.66. The highest BCUT2D eigenvalue weighted by atomic mass is 16.5. The Morgan fingerprint density at radius 2 is 1.76 bits per heavy atom. The minimum Gasteiger partial charge on any atom is -0.464 e. The third kappa shape index (κ3) is 5.92. The molecule has 21 heavy (non-hydrogen) atoms. The number of aryl methyl sites for hydroxylation is 1. The first-order valence-electron chi connectivity index (χ1n) is 8.44. The lowest BCUT2D eigenvalue weighted by Crippen LogP contribution is -1.97. The summed E-state index contributed by atoms with van der Waals surface area (Å²) >= 11 is 0. The first-order valence-corrected chi connectivity index (χ1v) is 8.44. The molecule has 0 aromatic carbocycles. The van der Waals surface area contributed by atoms with E-state index < -0.39 is 0 Å². The maximum Gasteiger partial charge on any atom is 0.133 e. The van der Waals surface area contributed by atoms with Crippen LogP contribution in [0.3, 0.4) is 0 Å². The van der Waals surface area contributed by atoms with Gasteiger partial charge in [0.15, 0.2) is 0 Å². The van der Waals surface area contributed by atoms with Crippen LogP contribution in [0.25, 0.3) is 11.3 Å². The molecule has 0 N–H and O–H groups in total. The third-order valence-corrected chi connectivity index (χ3v) is 3.88. The van der Waals surface area contributed by atoms with Gasteiger partial charge >= 0.3 is 0 Å². The van der Waals surface area contributed by atoms with E-state index in [1.54, 1.807) is 0 Å². The molecule has 1 aliphatic carbocycles. The van der Waals surface area contributed by atoms with Crippen LogP contribution >= 0.6 is 0 Å². The van der Waals surface area contributed by atoms with Gasteiger partial charge in [-0.3, -0.25) is 0 Å². The van der Waals surface area contributed by atoms with E-state index in [9.17, 15) is 0 Å². The van der Waals surface area contributed by atoms with Crippen LogP contribution in [0.2, 0.25) is 0 Å². The van der Waals surface area contributed by atoms with Gasteiger partial charge in [-0.1, -0.05) is 44.7 Å². The fraction of sp³-hybridized carbons (Fsp3) is 0.579. The van der Waals surface area contributed by atoms with Crippen molar-refractivity contribution in [3.63, 3.8) is 0 Å². The van der Waals surface area contributed by atoms with Gasteiger partial charge in [0.2, 0.25) is 0 Å². The molecule has 0 saturated heterocycles. The van der Waals surface area contributed by atoms with Gasteiger partial charge < -0.3 is 9.15 Å². The van der Waals surface area contributed by atoms with Gasteiger partial charge in [0.1, 0.15) is 5.76 Å². The largest absolute Gasteiger partial charge is 0.464 e. The van der Waals surface area contributed by atoms with Crippen LogP contribution in [0.1, 0.15) is 57.4 Å². The number of unbranched alkanes of at least 4 members (excludes halogenated alkanes) is 5. The van der Waals surface area contributed by atoms with Gasteiger partial charge in [-0.2, -0.15) is 0 Å². The molecule has 0 bridgehead atoms. The van der Waals surface area contributed by atoms with Crippen LogP contribution in [-0.2, 0) is 11.2 Å². The Balaban J connectivity index is 1.49. The second-order valence-electron chi connectivity index (χ2n) is 5.78. The molecule has 1 aliphatic heterocycles. The number of hydrogen-bond acceptors (Lipinski definition) is 2. The summed E-state index contributed by atoms with van der Waals surface area (Å²) in [6.45, 7) is 4.09. The fourth-order valence-electron chi connectivity index (χ4n) is 2.59. The zero-order chi connectivity index (χ0) is 14.8. The molecule has 2 nitrogen and oxygen atoms in total. The first-order chi connectivity index (χ1) is 10.4. The molecule has 0 atom stereocenters. The van der Waals surface area contributed by atoms with E-state index in [1.807, 2.05) is 18.4 Å². The summed E-state index contributed by atoms with van der Waals surface area (Å²) in [4.78, 5) is 0. The molecule has 0 radical (unpaired) electrons. The smallest absolute Gasteiger partial charge is 0.133 e. The molecule has 2 aliphatic rings. The van der Waals surface area contributed by atoms with Crippen LogP contribution in [0.15, 0.2) is 34.9 Å². The van der Waals surface area contributed by atoms with E-state index in [0.717, 1.165) is 25.4 Å². The van der Waals surface area contributed by atoms with Crippen molar-refractivity contribution in [2.45, 2.75) is 58.3 Å². The molecule has 1 heterocycles. The molecule has 0 saturated carbocycles. The lowest BCUT2D eigenvalue weighted by atomic mass is 10.1. The topological polar surface area (TPSA) is 22.4 Å². The van der Waals surface area contributed by atoms with E-state index >= 15 is 0 Å². The Morgan fingerprint density at radius 1 is 0.952 bits per heavy atom. The molecule has 0 aromatic rings. The second-order valence-corrected chi connectivity index (χ2v) is 5.78. The first kappa shape index (κ1) is 16.1. The molecule has 116 valence electrons. The van der Waals surface area contributed by atoms with E-state index in [4.69, 9.17) is 9.15 Å². The number of rotatable bonds is 11. The lowest BCUT2D eigenvalue weighted by Gasteiger charge is -2.05. The Hall–Kier alpha value is -1.28. The van der Waals surface area contributed by atoms with E-state index in [2.05, 4.69) is 19.1 Å². The predicted molar refractivity (Wildman–Crippen MR) is 87.8 cm³/mol. The minimum atomic E-state index is 0.915. The van der Waals surface area contributed by atoms with Crippen molar-refractivity contribution < 1.29 is 9.15 Å². The minimum absolute atomic E-state index is 0.915. The maximum absolute atomic E-state index is 5.66. The van der Waals surface area contributed by atoms with Crippen molar-refractivity contribution >= 4 is 0 Å². The van der Waals surface area contributed by atoms with Crippen LogP contribution in [0.5, 0.6) is 0 Å². The normalized spacial score (nSPS) is 11.3. The van der Waals surface area contributed by atoms with Crippen LogP contribution in [-0.4, -0.2) is 13.2 Å². The summed E-state index contributed by atoms with van der Waals surface area (Å²) in [7, 11) is 0. The quantitative estimate of drug-likeness (QED) is 0.495. The van der Waals surface area contributed by atoms with Crippen molar-refractivity contribution in [1.82, 2.24) is 0 Å². The Morgan fingerprint density at radius 3 is 2.57 bits per heavy atom. The SMILES string of the molecule is CCCCCCOCCCCCc1coc2cccc-2c1. The van der Waals surface area contributed by atoms with Crippen LogP contribution in [0.4, 0.5) is 0 Å². The van der Waals surface area contributed by atoms with Crippen molar-refractivity contribution in [1.29, 1.82) is 0 Å². The molecular weight excluding hydrogens is 260 g/mol. The van der Waals surface area contributed by atoms with Crippen molar-refractivity contribution in [3.8, 4) is 11.3 Å². The van der Waals surface area contributed by atoms with E-state index in [0.29, 0.717) is 0 Å². The molecule has 0 aromatic heterocycles. The van der Waals surface area contributed by atoms with Crippen molar-refractivity contribution in [2.75, 3.05) is 13.2 Å². The number of ether oxygens (including phenoxy) is 1. The molecule has 0 spiro atoms. The third-order valence-electron chi connectivity index (χ3n) is 3.88. The van der Waals surface area contributed by atoms with Crippen molar-refractivity contribution in [3.05, 3.63) is 36.1 Å². The molecule has 2 heteroatoms. The summed E-state index contributed by atoms with van der Waals surface area (Å²) in [6, 6.07) is 8.39. The molecular formula is C19H28O2. The van der Waals surface area contributed by atoms with Gasteiger partial charge in [0.25, 0.3) is 0 Å². The Kier molecular flexibility index (Phi) is 7.37. The second kappa shape index (κ2) is 9.62. The Bertz CT molecular complexity index is 461. The van der Waals surface area contributed by atoms with Gasteiger partial charge in [-0.15, -0.1) is 0 Å². The molecule has 0 unspecified atom stereocenters. The monoisotopic (exact) mass is 288 g/mol. The zero-order valence-electron chi connectivity index (χ0n) is 13.3. The predicted octanol–water partition coefficient (Wildman–Crippen LogP) is 5.69. The number of fused-ring (bicyclic) bond motifs is 1. The molecule has 0 fully saturated rings. The fourth-order valence-corrected chi connectivity index (χ4v) is 2.59. The average Bonchev–Trinajstić information content (AvgIpc) is 2.97. The van der Waals surface area contributed by atoms with Gasteiger partial charge in [-0.05, 0) is 43.4 Å². The summed E-state index contributed by atoms with van der Waals surface area (Å²) in [5, 5.41) is 0. The molecule has 2 rings (SSSR count). The van der Waals surface area contributed by atoms with Crippen LogP contribution in [0, 0.1) is 0 Å². The summed E-state index contributed by atoms with van der Waals surface area (Å²) in [5.74, 6) is 0.982. The average molecular weight is 288 g/mol. The Labute approximate surface area is 128 Å². The summed E-state index contributed by atoms with van der Waals surface area (Å²) in [6.07, 6.45) is 11.8. The number of hydrogen-bond donors (Lipinski definition) is 0. The summed E-state index contributed by atoms with van der Waals surface area (Å²) in [5.41, 5.74) is 2.51. The van der Waals surface area contributed by atoms with E-state index in [1.165, 1.54) is 56.1 Å². The highest BCUT2D eigenvalue weighted by molar-refractivity contribution is 5.60. The highest BCUT2D eigenvalue weighted by Crippen LogP contribution is 2.24. The van der Waals surface area contributed by atoms with Crippen molar-refractivity contribution in [2.24, 2.45) is 0 Å². The zero-order valence-corrected chi connectivity index (χ0v) is 13.3. The van der Waals surface area contributed by atoms with Gasteiger partial charge in [0, 0.05) is 18.8 Å². The highest BCUT2D eigenvalue weighted by Gasteiger charge is 2.05. The molecule has 0 amide bonds.